The second kappa shape index (κ2) is 3.02. The van der Waals surface area contributed by atoms with Crippen LogP contribution >= 0.6 is 11.6 Å². The van der Waals surface area contributed by atoms with Crippen molar-refractivity contribution in [1.29, 1.82) is 0 Å². The highest BCUT2D eigenvalue weighted by Crippen LogP contribution is 2.30. The number of amides is 1. The third-order valence-electron chi connectivity index (χ3n) is 1.93. The molecule has 2 nitrogen and oxygen atoms in total. The van der Waals surface area contributed by atoms with Gasteiger partial charge in [-0.3, -0.25) is 4.79 Å². The summed E-state index contributed by atoms with van der Waals surface area (Å²) in [7, 11) is 0. The van der Waals surface area contributed by atoms with Crippen LogP contribution in [0.2, 0.25) is 0 Å². The number of alkyl halides is 1. The van der Waals surface area contributed by atoms with Gasteiger partial charge in [-0.1, -0.05) is 13.8 Å². The molecule has 0 aromatic heterocycles. The van der Waals surface area contributed by atoms with E-state index in [0.29, 0.717) is 13.0 Å². The maximum atomic E-state index is 11.1. The van der Waals surface area contributed by atoms with Gasteiger partial charge in [0.1, 0.15) is 0 Å². The Balaban J connectivity index is 2.63. The van der Waals surface area contributed by atoms with Crippen LogP contribution < -0.4 is 5.32 Å². The van der Waals surface area contributed by atoms with Crippen molar-refractivity contribution in [3.63, 3.8) is 0 Å². The van der Waals surface area contributed by atoms with Crippen molar-refractivity contribution >= 4 is 17.5 Å². The van der Waals surface area contributed by atoms with E-state index in [1.807, 2.05) is 0 Å². The van der Waals surface area contributed by atoms with Gasteiger partial charge in [0.2, 0.25) is 5.91 Å². The normalized spacial score (nSPS) is 30.8. The summed E-state index contributed by atoms with van der Waals surface area (Å²) >= 11 is 5.96. The van der Waals surface area contributed by atoms with E-state index in [9.17, 15) is 4.79 Å². The number of hydrogen-bond acceptors (Lipinski definition) is 1. The van der Waals surface area contributed by atoms with E-state index in [2.05, 4.69) is 19.2 Å². The average Bonchev–Trinajstić information content (AvgIpc) is 1.89. The van der Waals surface area contributed by atoms with Crippen LogP contribution in [0, 0.1) is 5.41 Å². The van der Waals surface area contributed by atoms with Crippen molar-refractivity contribution in [3.05, 3.63) is 0 Å². The summed E-state index contributed by atoms with van der Waals surface area (Å²) in [5.41, 5.74) is 0.0625. The summed E-state index contributed by atoms with van der Waals surface area (Å²) in [5.74, 6) is 0.123. The maximum Gasteiger partial charge on any atom is 0.220 e. The first-order valence-electron chi connectivity index (χ1n) is 3.90. The molecular weight excluding hydrogens is 162 g/mol. The van der Waals surface area contributed by atoms with E-state index in [-0.39, 0.29) is 16.7 Å². The number of rotatable bonds is 0. The Hall–Kier alpha value is -0.240. The monoisotopic (exact) mass is 175 g/mol. The second-order valence-corrected chi connectivity index (χ2v) is 4.56. The fourth-order valence-corrected chi connectivity index (χ4v) is 1.96. The molecule has 1 aliphatic heterocycles. The molecule has 1 saturated heterocycles. The largest absolute Gasteiger partial charge is 0.355 e. The number of nitrogens with one attached hydrogen (secondary N) is 1. The van der Waals surface area contributed by atoms with Gasteiger partial charge in [0, 0.05) is 13.0 Å². The number of hydrogen-bond donors (Lipinski definition) is 1. The van der Waals surface area contributed by atoms with Crippen LogP contribution in [0.4, 0.5) is 0 Å². The van der Waals surface area contributed by atoms with Crippen LogP contribution in [-0.4, -0.2) is 17.8 Å². The number of halogens is 1. The van der Waals surface area contributed by atoms with Crippen molar-refractivity contribution in [3.8, 4) is 0 Å². The smallest absolute Gasteiger partial charge is 0.220 e. The molecule has 1 fully saturated rings. The fourth-order valence-electron chi connectivity index (χ4n) is 1.47. The van der Waals surface area contributed by atoms with Crippen molar-refractivity contribution in [2.24, 2.45) is 5.41 Å². The van der Waals surface area contributed by atoms with Crippen LogP contribution in [0.1, 0.15) is 26.7 Å². The number of carbonyl (C=O) groups is 1. The van der Waals surface area contributed by atoms with Crippen molar-refractivity contribution in [1.82, 2.24) is 5.32 Å². The lowest BCUT2D eigenvalue weighted by Gasteiger charge is -2.21. The van der Waals surface area contributed by atoms with Gasteiger partial charge in [-0.2, -0.15) is 0 Å². The first-order chi connectivity index (χ1) is 4.99. The van der Waals surface area contributed by atoms with Gasteiger partial charge in [-0.15, -0.1) is 11.6 Å². The van der Waals surface area contributed by atoms with Crippen molar-refractivity contribution < 1.29 is 4.79 Å². The molecule has 1 amide bonds. The topological polar surface area (TPSA) is 29.1 Å². The Bertz CT molecular complexity index is 167. The van der Waals surface area contributed by atoms with E-state index in [1.165, 1.54) is 0 Å². The van der Waals surface area contributed by atoms with Gasteiger partial charge in [0.25, 0.3) is 0 Å². The van der Waals surface area contributed by atoms with Gasteiger partial charge in [-0.05, 0) is 11.8 Å². The first-order valence-corrected chi connectivity index (χ1v) is 4.34. The van der Waals surface area contributed by atoms with Crippen LogP contribution in [0.5, 0.6) is 0 Å². The summed E-state index contributed by atoms with van der Waals surface area (Å²) < 4.78 is 0. The molecule has 1 unspecified atom stereocenters. The summed E-state index contributed by atoms with van der Waals surface area (Å²) in [4.78, 5) is 11.1. The lowest BCUT2D eigenvalue weighted by molar-refractivity contribution is -0.122. The zero-order valence-electron chi connectivity index (χ0n) is 6.98. The zero-order chi connectivity index (χ0) is 8.48. The second-order valence-electron chi connectivity index (χ2n) is 3.95. The zero-order valence-corrected chi connectivity index (χ0v) is 7.74. The lowest BCUT2D eigenvalue weighted by Crippen LogP contribution is -2.26. The molecular formula is C8H14ClNO. The first kappa shape index (κ1) is 8.85. The molecule has 1 N–H and O–H groups in total. The quantitative estimate of drug-likeness (QED) is 0.556. The van der Waals surface area contributed by atoms with Crippen LogP contribution in [0.15, 0.2) is 0 Å². The highest BCUT2D eigenvalue weighted by molar-refractivity contribution is 6.21. The molecule has 3 heteroatoms. The van der Waals surface area contributed by atoms with E-state index in [0.717, 1.165) is 6.42 Å². The third kappa shape index (κ3) is 2.70. The van der Waals surface area contributed by atoms with Crippen molar-refractivity contribution in [2.75, 3.05) is 6.54 Å². The molecule has 1 atom stereocenters. The highest BCUT2D eigenvalue weighted by Gasteiger charge is 2.28. The Morgan fingerprint density at radius 3 is 2.91 bits per heavy atom. The molecule has 0 spiro atoms. The molecule has 0 aromatic carbocycles. The summed E-state index contributed by atoms with van der Waals surface area (Å²) in [6.07, 6.45) is 1.50. The molecule has 0 aliphatic carbocycles. The van der Waals surface area contributed by atoms with E-state index < -0.39 is 0 Å². The van der Waals surface area contributed by atoms with Gasteiger partial charge >= 0.3 is 0 Å². The predicted molar refractivity (Wildman–Crippen MR) is 45.7 cm³/mol. The standard InChI is InChI=1S/C8H14ClNO/c1-8(2)3-6(9)5-10-7(11)4-8/h6H,3-5H2,1-2H3,(H,10,11). The molecule has 1 rings (SSSR count). The number of carbonyl (C=O) groups excluding carboxylic acids is 1. The summed E-state index contributed by atoms with van der Waals surface area (Å²) in [6, 6.07) is 0. The molecule has 0 bridgehead atoms. The minimum atomic E-state index is 0.0625. The SMILES string of the molecule is CC1(C)CC(=O)NCC(Cl)C1. The van der Waals surface area contributed by atoms with Crippen LogP contribution in [0.25, 0.3) is 0 Å². The Morgan fingerprint density at radius 1 is 1.64 bits per heavy atom. The van der Waals surface area contributed by atoms with Gasteiger partial charge in [-0.25, -0.2) is 0 Å². The predicted octanol–water partition coefficient (Wildman–Crippen LogP) is 1.53. The third-order valence-corrected chi connectivity index (χ3v) is 2.24. The average molecular weight is 176 g/mol. The molecule has 0 aromatic rings. The molecule has 1 aliphatic rings. The molecule has 0 saturated carbocycles. The minimum Gasteiger partial charge on any atom is -0.355 e. The van der Waals surface area contributed by atoms with E-state index in [1.54, 1.807) is 0 Å². The minimum absolute atomic E-state index is 0.0625. The molecule has 0 radical (unpaired) electrons. The Kier molecular flexibility index (Phi) is 2.43. The van der Waals surface area contributed by atoms with E-state index >= 15 is 0 Å². The summed E-state index contributed by atoms with van der Waals surface area (Å²) in [6.45, 7) is 4.77. The van der Waals surface area contributed by atoms with Crippen molar-refractivity contribution in [2.45, 2.75) is 32.1 Å². The fraction of sp³-hybridized carbons (Fsp3) is 0.875. The Labute approximate surface area is 72.3 Å². The highest BCUT2D eigenvalue weighted by atomic mass is 35.5. The lowest BCUT2D eigenvalue weighted by atomic mass is 9.85. The van der Waals surface area contributed by atoms with Gasteiger partial charge in [0.15, 0.2) is 0 Å². The van der Waals surface area contributed by atoms with Crippen LogP contribution in [0.3, 0.4) is 0 Å². The molecule has 64 valence electrons. The Morgan fingerprint density at radius 2 is 2.27 bits per heavy atom. The maximum absolute atomic E-state index is 11.1. The molecule has 1 heterocycles. The summed E-state index contributed by atoms with van der Waals surface area (Å²) in [5, 5.41) is 2.87. The van der Waals surface area contributed by atoms with Gasteiger partial charge < -0.3 is 5.32 Å². The molecule has 11 heavy (non-hydrogen) atoms. The van der Waals surface area contributed by atoms with E-state index in [4.69, 9.17) is 11.6 Å². The van der Waals surface area contributed by atoms with Gasteiger partial charge in [0.05, 0.1) is 5.38 Å². The van der Waals surface area contributed by atoms with Crippen LogP contribution in [-0.2, 0) is 4.79 Å².